The molecule has 0 spiro atoms. The van der Waals surface area contributed by atoms with Crippen molar-refractivity contribution in [2.45, 2.75) is 0 Å². The number of para-hydroxylation sites is 2. The van der Waals surface area contributed by atoms with Crippen LogP contribution in [0, 0.1) is 0 Å². The Morgan fingerprint density at radius 1 is 1.00 bits per heavy atom. The Morgan fingerprint density at radius 2 is 1.81 bits per heavy atom. The van der Waals surface area contributed by atoms with Gasteiger partial charge in [-0.25, -0.2) is 0 Å². The first-order valence-electron chi connectivity index (χ1n) is 6.40. The fourth-order valence-corrected chi connectivity index (χ4v) is 2.62. The topological polar surface area (TPSA) is 37.0 Å². The molecule has 2 aromatic carbocycles. The molecule has 0 aliphatic heterocycles. The van der Waals surface area contributed by atoms with E-state index in [1.807, 2.05) is 54.6 Å². The molecular formula is C16H12BrN3S. The van der Waals surface area contributed by atoms with Crippen molar-refractivity contribution in [3.05, 3.63) is 65.3 Å². The van der Waals surface area contributed by atoms with E-state index in [1.54, 1.807) is 6.20 Å². The number of anilines is 2. The lowest BCUT2D eigenvalue weighted by Crippen LogP contribution is -2.19. The van der Waals surface area contributed by atoms with Crippen molar-refractivity contribution in [1.29, 1.82) is 0 Å². The monoisotopic (exact) mass is 357 g/mol. The Bertz CT molecular complexity index is 790. The van der Waals surface area contributed by atoms with Crippen molar-refractivity contribution in [1.82, 2.24) is 4.98 Å². The highest BCUT2D eigenvalue weighted by atomic mass is 79.9. The third-order valence-corrected chi connectivity index (χ3v) is 3.60. The number of hydrogen-bond acceptors (Lipinski definition) is 2. The molecule has 0 unspecified atom stereocenters. The van der Waals surface area contributed by atoms with Crippen LogP contribution in [0.25, 0.3) is 10.9 Å². The van der Waals surface area contributed by atoms with Gasteiger partial charge in [0, 0.05) is 21.7 Å². The zero-order valence-electron chi connectivity index (χ0n) is 11.0. The highest BCUT2D eigenvalue weighted by Gasteiger charge is 2.05. The minimum absolute atomic E-state index is 0.540. The Hall–Kier alpha value is -1.98. The summed E-state index contributed by atoms with van der Waals surface area (Å²) in [6, 6.07) is 17.8. The number of halogens is 1. The number of nitrogens with one attached hydrogen (secondary N) is 2. The molecule has 0 bridgehead atoms. The fourth-order valence-electron chi connectivity index (χ4n) is 2.04. The normalized spacial score (nSPS) is 10.3. The van der Waals surface area contributed by atoms with Crippen LogP contribution in [-0.2, 0) is 0 Å². The fraction of sp³-hybridized carbons (Fsp3) is 0. The summed E-state index contributed by atoms with van der Waals surface area (Å²) in [4.78, 5) is 4.44. The maximum absolute atomic E-state index is 5.35. The third kappa shape index (κ3) is 3.37. The van der Waals surface area contributed by atoms with Crippen LogP contribution in [-0.4, -0.2) is 10.1 Å². The lowest BCUT2D eigenvalue weighted by molar-refractivity contribution is 1.39. The molecule has 21 heavy (non-hydrogen) atoms. The average Bonchev–Trinajstić information content (AvgIpc) is 2.48. The molecule has 3 rings (SSSR count). The summed E-state index contributed by atoms with van der Waals surface area (Å²) in [6.07, 6.45) is 1.78. The van der Waals surface area contributed by atoms with Crippen molar-refractivity contribution in [2.75, 3.05) is 10.6 Å². The van der Waals surface area contributed by atoms with Crippen LogP contribution in [0.15, 0.2) is 65.3 Å². The first-order chi connectivity index (χ1) is 10.2. The van der Waals surface area contributed by atoms with E-state index in [0.29, 0.717) is 5.11 Å². The van der Waals surface area contributed by atoms with Gasteiger partial charge in [0.2, 0.25) is 0 Å². The number of nitrogens with zero attached hydrogens (tertiary/aromatic N) is 1. The third-order valence-electron chi connectivity index (χ3n) is 2.96. The maximum Gasteiger partial charge on any atom is 0.175 e. The maximum atomic E-state index is 5.35. The quantitative estimate of drug-likeness (QED) is 0.645. The van der Waals surface area contributed by atoms with Crippen LogP contribution >= 0.6 is 28.1 Å². The number of fused-ring (bicyclic) bond motifs is 1. The lowest BCUT2D eigenvalue weighted by Gasteiger charge is -2.12. The van der Waals surface area contributed by atoms with Crippen molar-refractivity contribution in [3.8, 4) is 0 Å². The minimum Gasteiger partial charge on any atom is -0.332 e. The molecule has 2 N–H and O–H groups in total. The van der Waals surface area contributed by atoms with Gasteiger partial charge < -0.3 is 10.6 Å². The zero-order valence-corrected chi connectivity index (χ0v) is 13.4. The number of benzene rings is 2. The smallest absolute Gasteiger partial charge is 0.175 e. The van der Waals surface area contributed by atoms with Crippen molar-refractivity contribution in [2.24, 2.45) is 0 Å². The molecule has 0 radical (unpaired) electrons. The molecule has 1 heterocycles. The zero-order chi connectivity index (χ0) is 14.7. The first-order valence-corrected chi connectivity index (χ1v) is 7.60. The molecule has 0 amide bonds. The van der Waals surface area contributed by atoms with Gasteiger partial charge in [-0.05, 0) is 52.4 Å². The molecule has 0 saturated heterocycles. The molecule has 0 fully saturated rings. The van der Waals surface area contributed by atoms with Gasteiger partial charge >= 0.3 is 0 Å². The van der Waals surface area contributed by atoms with E-state index in [0.717, 1.165) is 26.8 Å². The predicted molar refractivity (Wildman–Crippen MR) is 95.7 cm³/mol. The molecule has 5 heteroatoms. The Kier molecular flexibility index (Phi) is 4.13. The number of pyridine rings is 1. The van der Waals surface area contributed by atoms with E-state index in [1.165, 1.54) is 0 Å². The second kappa shape index (κ2) is 6.20. The van der Waals surface area contributed by atoms with Gasteiger partial charge in [-0.3, -0.25) is 4.98 Å². The van der Waals surface area contributed by atoms with E-state index in [2.05, 4.69) is 31.5 Å². The van der Waals surface area contributed by atoms with Crippen LogP contribution in [0.2, 0.25) is 0 Å². The molecule has 3 nitrogen and oxygen atoms in total. The molecule has 0 aliphatic rings. The average molecular weight is 358 g/mol. The highest BCUT2D eigenvalue weighted by molar-refractivity contribution is 9.10. The summed E-state index contributed by atoms with van der Waals surface area (Å²) in [5.41, 5.74) is 2.72. The van der Waals surface area contributed by atoms with Gasteiger partial charge in [0.1, 0.15) is 0 Å². The van der Waals surface area contributed by atoms with Crippen molar-refractivity contribution in [3.63, 3.8) is 0 Å². The van der Waals surface area contributed by atoms with Crippen molar-refractivity contribution >= 4 is 55.5 Å². The summed E-state index contributed by atoms with van der Waals surface area (Å²) >= 11 is 8.78. The second-order valence-corrected chi connectivity index (χ2v) is 5.80. The molecule has 1 aromatic heterocycles. The predicted octanol–water partition coefficient (Wildman–Crippen LogP) is 4.81. The van der Waals surface area contributed by atoms with Gasteiger partial charge in [0.15, 0.2) is 5.11 Å². The molecule has 0 atom stereocenters. The summed E-state index contributed by atoms with van der Waals surface area (Å²) in [5, 5.41) is 7.94. The standard InChI is InChI=1S/C16H12BrN3S/c17-12-9-11-5-4-8-14(15(11)18-10-12)20-16(21)19-13-6-2-1-3-7-13/h1-10H,(H2,19,20,21). The van der Waals surface area contributed by atoms with E-state index >= 15 is 0 Å². The minimum atomic E-state index is 0.540. The lowest BCUT2D eigenvalue weighted by atomic mass is 10.2. The van der Waals surface area contributed by atoms with E-state index in [9.17, 15) is 0 Å². The molecule has 3 aromatic rings. The van der Waals surface area contributed by atoms with Gasteiger partial charge in [0.25, 0.3) is 0 Å². The van der Waals surface area contributed by atoms with Crippen LogP contribution in [0.5, 0.6) is 0 Å². The molecule has 104 valence electrons. The van der Waals surface area contributed by atoms with Crippen LogP contribution in [0.1, 0.15) is 0 Å². The second-order valence-electron chi connectivity index (χ2n) is 4.48. The SMILES string of the molecule is S=C(Nc1ccccc1)Nc1cccc2cc(Br)cnc12. The van der Waals surface area contributed by atoms with Crippen molar-refractivity contribution < 1.29 is 0 Å². The largest absolute Gasteiger partial charge is 0.332 e. The van der Waals surface area contributed by atoms with Crippen LogP contribution in [0.4, 0.5) is 11.4 Å². The summed E-state index contributed by atoms with van der Waals surface area (Å²) in [5.74, 6) is 0. The number of rotatable bonds is 2. The van der Waals surface area contributed by atoms with E-state index < -0.39 is 0 Å². The highest BCUT2D eigenvalue weighted by Crippen LogP contribution is 2.24. The number of hydrogen-bond donors (Lipinski definition) is 2. The number of aromatic nitrogens is 1. The van der Waals surface area contributed by atoms with Gasteiger partial charge in [-0.2, -0.15) is 0 Å². The van der Waals surface area contributed by atoms with Crippen LogP contribution < -0.4 is 10.6 Å². The summed E-state index contributed by atoms with van der Waals surface area (Å²) in [6.45, 7) is 0. The van der Waals surface area contributed by atoms with E-state index in [4.69, 9.17) is 12.2 Å². The Balaban J connectivity index is 1.83. The number of thiocarbonyl (C=S) groups is 1. The van der Waals surface area contributed by atoms with E-state index in [-0.39, 0.29) is 0 Å². The Labute approximate surface area is 136 Å². The van der Waals surface area contributed by atoms with Crippen LogP contribution in [0.3, 0.4) is 0 Å². The van der Waals surface area contributed by atoms with Gasteiger partial charge in [0.05, 0.1) is 11.2 Å². The van der Waals surface area contributed by atoms with Gasteiger partial charge in [-0.15, -0.1) is 0 Å². The summed E-state index contributed by atoms with van der Waals surface area (Å²) < 4.78 is 0.956. The molecular weight excluding hydrogens is 346 g/mol. The molecule has 0 saturated carbocycles. The first kappa shape index (κ1) is 14.0. The molecule has 0 aliphatic carbocycles. The van der Waals surface area contributed by atoms with Gasteiger partial charge in [-0.1, -0.05) is 30.3 Å². The summed E-state index contributed by atoms with van der Waals surface area (Å²) in [7, 11) is 0. The Morgan fingerprint density at radius 3 is 2.62 bits per heavy atom.